The molecule has 2 atom stereocenters. The molecule has 1 fully saturated rings. The molecule has 106 valence electrons. The molecule has 0 amide bonds. The minimum absolute atomic E-state index is 0.221. The number of benzene rings is 1. The zero-order chi connectivity index (χ0) is 13.7. The molecular weight excluding hydrogens is 238 g/mol. The number of rotatable bonds is 5. The Labute approximate surface area is 116 Å². The fraction of sp³-hybridized carbons (Fsp3) is 0.625. The second-order valence-electron chi connectivity index (χ2n) is 5.42. The lowest BCUT2D eigenvalue weighted by atomic mass is 9.91. The van der Waals surface area contributed by atoms with Crippen molar-refractivity contribution in [1.82, 2.24) is 5.32 Å². The molecule has 1 aromatic carbocycles. The van der Waals surface area contributed by atoms with Gasteiger partial charge in [-0.2, -0.15) is 0 Å². The molecule has 0 bridgehead atoms. The quantitative estimate of drug-likeness (QED) is 0.857. The van der Waals surface area contributed by atoms with Gasteiger partial charge in [-0.15, -0.1) is 0 Å². The molecule has 2 rings (SSSR count). The van der Waals surface area contributed by atoms with Crippen molar-refractivity contribution in [3.05, 3.63) is 29.8 Å². The molecule has 0 aliphatic carbocycles. The maximum absolute atomic E-state index is 9.98. The average Bonchev–Trinajstić information content (AvgIpc) is 2.46. The lowest BCUT2D eigenvalue weighted by molar-refractivity contribution is 0.0542. The molecule has 1 heterocycles. The molecule has 2 unspecified atom stereocenters. The van der Waals surface area contributed by atoms with Gasteiger partial charge in [0.15, 0.2) is 0 Å². The van der Waals surface area contributed by atoms with Gasteiger partial charge in [0.2, 0.25) is 0 Å². The van der Waals surface area contributed by atoms with Crippen molar-refractivity contribution in [3.63, 3.8) is 0 Å². The molecule has 0 radical (unpaired) electrons. The molecule has 1 saturated heterocycles. The van der Waals surface area contributed by atoms with E-state index in [1.807, 2.05) is 18.2 Å². The van der Waals surface area contributed by atoms with Gasteiger partial charge in [0, 0.05) is 30.9 Å². The van der Waals surface area contributed by atoms with E-state index in [4.69, 9.17) is 4.74 Å². The summed E-state index contributed by atoms with van der Waals surface area (Å²) in [6, 6.07) is 8.30. The van der Waals surface area contributed by atoms with Crippen molar-refractivity contribution in [1.29, 1.82) is 0 Å². The topological polar surface area (TPSA) is 41.5 Å². The van der Waals surface area contributed by atoms with E-state index in [2.05, 4.69) is 19.2 Å². The van der Waals surface area contributed by atoms with E-state index in [0.717, 1.165) is 38.0 Å². The standard InChI is InChI=1S/C16H25NO2/c1-3-15(14-6-4-5-7-16(14)18)17-12(2)13-8-10-19-11-9-13/h4-7,12-13,15,17-18H,3,8-11H2,1-2H3. The highest BCUT2D eigenvalue weighted by Crippen LogP contribution is 2.28. The molecule has 3 nitrogen and oxygen atoms in total. The van der Waals surface area contributed by atoms with Crippen molar-refractivity contribution in [2.75, 3.05) is 13.2 Å². The second kappa shape index (κ2) is 6.92. The summed E-state index contributed by atoms with van der Waals surface area (Å²) in [5.74, 6) is 1.06. The number of hydrogen-bond donors (Lipinski definition) is 2. The molecule has 2 N–H and O–H groups in total. The largest absolute Gasteiger partial charge is 0.508 e. The zero-order valence-electron chi connectivity index (χ0n) is 11.9. The SMILES string of the molecule is CCC(NC(C)C1CCOCC1)c1ccccc1O. The Balaban J connectivity index is 2.00. The molecule has 1 aliphatic rings. The van der Waals surface area contributed by atoms with Crippen LogP contribution in [0.3, 0.4) is 0 Å². The first-order valence-electron chi connectivity index (χ1n) is 7.34. The lowest BCUT2D eigenvalue weighted by Crippen LogP contribution is -2.38. The third-order valence-corrected chi connectivity index (χ3v) is 4.16. The minimum Gasteiger partial charge on any atom is -0.508 e. The van der Waals surface area contributed by atoms with E-state index in [1.54, 1.807) is 6.07 Å². The van der Waals surface area contributed by atoms with Crippen molar-refractivity contribution in [3.8, 4) is 5.75 Å². The summed E-state index contributed by atoms with van der Waals surface area (Å²) < 4.78 is 5.42. The molecular formula is C16H25NO2. The number of ether oxygens (including phenoxy) is 1. The van der Waals surface area contributed by atoms with Crippen LogP contribution in [0.1, 0.15) is 44.7 Å². The van der Waals surface area contributed by atoms with Gasteiger partial charge < -0.3 is 15.2 Å². The highest BCUT2D eigenvalue weighted by molar-refractivity contribution is 5.34. The summed E-state index contributed by atoms with van der Waals surface area (Å²) in [5, 5.41) is 13.7. The Hall–Kier alpha value is -1.06. The fourth-order valence-corrected chi connectivity index (χ4v) is 2.88. The Kier molecular flexibility index (Phi) is 5.23. The summed E-state index contributed by atoms with van der Waals surface area (Å²) in [6.45, 7) is 6.16. The Bertz CT molecular complexity index is 388. The van der Waals surface area contributed by atoms with Crippen LogP contribution in [0.2, 0.25) is 0 Å². The van der Waals surface area contributed by atoms with Crippen LogP contribution in [0.25, 0.3) is 0 Å². The highest BCUT2D eigenvalue weighted by Gasteiger charge is 2.23. The van der Waals surface area contributed by atoms with Gasteiger partial charge in [0.25, 0.3) is 0 Å². The van der Waals surface area contributed by atoms with E-state index in [-0.39, 0.29) is 6.04 Å². The van der Waals surface area contributed by atoms with Crippen molar-refractivity contribution >= 4 is 0 Å². The van der Waals surface area contributed by atoms with E-state index in [9.17, 15) is 5.11 Å². The first-order valence-corrected chi connectivity index (χ1v) is 7.34. The number of phenolic OH excluding ortho intramolecular Hbond substituents is 1. The van der Waals surface area contributed by atoms with Gasteiger partial charge in [-0.25, -0.2) is 0 Å². The summed E-state index contributed by atoms with van der Waals surface area (Å²) in [4.78, 5) is 0. The number of para-hydroxylation sites is 1. The van der Waals surface area contributed by atoms with Crippen LogP contribution in [-0.2, 0) is 4.74 Å². The van der Waals surface area contributed by atoms with E-state index in [1.165, 1.54) is 0 Å². The summed E-state index contributed by atoms with van der Waals surface area (Å²) in [7, 11) is 0. The summed E-state index contributed by atoms with van der Waals surface area (Å²) in [5.41, 5.74) is 1.00. The first kappa shape index (κ1) is 14.4. The van der Waals surface area contributed by atoms with Crippen molar-refractivity contribution in [2.24, 2.45) is 5.92 Å². The summed E-state index contributed by atoms with van der Waals surface area (Å²) >= 11 is 0. The average molecular weight is 263 g/mol. The van der Waals surface area contributed by atoms with Crippen LogP contribution in [0.5, 0.6) is 5.75 Å². The van der Waals surface area contributed by atoms with Crippen LogP contribution < -0.4 is 5.32 Å². The first-order chi connectivity index (χ1) is 9.22. The maximum atomic E-state index is 9.98. The number of nitrogens with one attached hydrogen (secondary N) is 1. The Morgan fingerprint density at radius 1 is 1.32 bits per heavy atom. The van der Waals surface area contributed by atoms with Crippen LogP contribution in [-0.4, -0.2) is 24.4 Å². The predicted molar refractivity (Wildman–Crippen MR) is 77.3 cm³/mol. The van der Waals surface area contributed by atoms with E-state index in [0.29, 0.717) is 17.7 Å². The predicted octanol–water partition coefficient (Wildman–Crippen LogP) is 3.25. The lowest BCUT2D eigenvalue weighted by Gasteiger charge is -2.31. The number of phenols is 1. The molecule has 19 heavy (non-hydrogen) atoms. The Morgan fingerprint density at radius 2 is 2.00 bits per heavy atom. The monoisotopic (exact) mass is 263 g/mol. The van der Waals surface area contributed by atoms with E-state index < -0.39 is 0 Å². The molecule has 1 aromatic rings. The van der Waals surface area contributed by atoms with Crippen molar-refractivity contribution < 1.29 is 9.84 Å². The molecule has 0 saturated carbocycles. The van der Waals surface area contributed by atoms with Crippen LogP contribution in [0.4, 0.5) is 0 Å². The number of hydrogen-bond acceptors (Lipinski definition) is 3. The normalized spacial score (nSPS) is 20.1. The second-order valence-corrected chi connectivity index (χ2v) is 5.42. The van der Waals surface area contributed by atoms with Crippen LogP contribution in [0.15, 0.2) is 24.3 Å². The van der Waals surface area contributed by atoms with E-state index >= 15 is 0 Å². The molecule has 1 aliphatic heterocycles. The van der Waals surface area contributed by atoms with Gasteiger partial charge in [-0.3, -0.25) is 0 Å². The fourth-order valence-electron chi connectivity index (χ4n) is 2.88. The van der Waals surface area contributed by atoms with Gasteiger partial charge in [0.1, 0.15) is 5.75 Å². The third kappa shape index (κ3) is 3.71. The van der Waals surface area contributed by atoms with Crippen molar-refractivity contribution in [2.45, 2.75) is 45.2 Å². The maximum Gasteiger partial charge on any atom is 0.120 e. The molecule has 0 spiro atoms. The van der Waals surface area contributed by atoms with Gasteiger partial charge in [-0.05, 0) is 38.2 Å². The summed E-state index contributed by atoms with van der Waals surface area (Å²) in [6.07, 6.45) is 3.24. The number of aromatic hydroxyl groups is 1. The minimum atomic E-state index is 0.221. The Morgan fingerprint density at radius 3 is 2.63 bits per heavy atom. The zero-order valence-corrected chi connectivity index (χ0v) is 11.9. The highest BCUT2D eigenvalue weighted by atomic mass is 16.5. The van der Waals surface area contributed by atoms with Gasteiger partial charge in [0.05, 0.1) is 0 Å². The molecule has 3 heteroatoms. The van der Waals surface area contributed by atoms with Gasteiger partial charge >= 0.3 is 0 Å². The molecule has 0 aromatic heterocycles. The van der Waals surface area contributed by atoms with Crippen LogP contribution >= 0.6 is 0 Å². The van der Waals surface area contributed by atoms with Crippen LogP contribution in [0, 0.1) is 5.92 Å². The third-order valence-electron chi connectivity index (χ3n) is 4.16. The van der Waals surface area contributed by atoms with Gasteiger partial charge in [-0.1, -0.05) is 25.1 Å². The smallest absolute Gasteiger partial charge is 0.120 e.